The van der Waals surface area contributed by atoms with E-state index < -0.39 is 0 Å². The molecule has 1 aliphatic heterocycles. The Hall–Kier alpha value is -1.35. The summed E-state index contributed by atoms with van der Waals surface area (Å²) in [5.41, 5.74) is 3.68. The van der Waals surface area contributed by atoms with Gasteiger partial charge in [0.1, 0.15) is 0 Å². The van der Waals surface area contributed by atoms with Crippen LogP contribution in [0.15, 0.2) is 18.2 Å². The Balaban J connectivity index is 1.93. The Morgan fingerprint density at radius 1 is 1.33 bits per heavy atom. The van der Waals surface area contributed by atoms with Crippen LogP contribution in [0.3, 0.4) is 0 Å². The summed E-state index contributed by atoms with van der Waals surface area (Å²) in [4.78, 5) is 14.5. The van der Waals surface area contributed by atoms with Gasteiger partial charge in [0.25, 0.3) is 0 Å². The maximum absolute atomic E-state index is 12.5. The quantitative estimate of drug-likeness (QED) is 0.924. The van der Waals surface area contributed by atoms with E-state index in [1.165, 1.54) is 11.1 Å². The third-order valence-electron chi connectivity index (χ3n) is 4.65. The molecule has 1 fully saturated rings. The summed E-state index contributed by atoms with van der Waals surface area (Å²) in [6, 6.07) is 6.88. The smallest absolute Gasteiger partial charge is 0.227 e. The fourth-order valence-electron chi connectivity index (χ4n) is 3.14. The van der Waals surface area contributed by atoms with Crippen LogP contribution in [-0.4, -0.2) is 36.5 Å². The van der Waals surface area contributed by atoms with E-state index in [9.17, 15) is 4.79 Å². The van der Waals surface area contributed by atoms with Crippen molar-refractivity contribution in [3.05, 3.63) is 34.9 Å². The third kappa shape index (κ3) is 4.07. The van der Waals surface area contributed by atoms with Gasteiger partial charge in [-0.05, 0) is 49.4 Å². The molecule has 2 unspecified atom stereocenters. The van der Waals surface area contributed by atoms with Crippen molar-refractivity contribution in [1.82, 2.24) is 10.2 Å². The lowest BCUT2D eigenvalue weighted by atomic mass is 9.93. The second-order valence-corrected chi connectivity index (χ2v) is 6.37. The number of likely N-dealkylation sites (tertiary alicyclic amines) is 1. The van der Waals surface area contributed by atoms with Crippen molar-refractivity contribution in [1.29, 1.82) is 0 Å². The lowest BCUT2D eigenvalue weighted by Gasteiger charge is -2.37. The van der Waals surface area contributed by atoms with Gasteiger partial charge in [0, 0.05) is 19.1 Å². The molecule has 116 valence electrons. The highest BCUT2D eigenvalue weighted by Crippen LogP contribution is 2.18. The topological polar surface area (TPSA) is 32.3 Å². The number of aryl methyl sites for hydroxylation is 2. The molecule has 1 aromatic rings. The van der Waals surface area contributed by atoms with Gasteiger partial charge in [0.15, 0.2) is 0 Å². The van der Waals surface area contributed by atoms with E-state index in [1.54, 1.807) is 0 Å². The van der Waals surface area contributed by atoms with Crippen molar-refractivity contribution in [3.63, 3.8) is 0 Å². The number of carbonyl (C=O) groups is 1. The highest BCUT2D eigenvalue weighted by Gasteiger charge is 2.27. The Morgan fingerprint density at radius 3 is 2.71 bits per heavy atom. The van der Waals surface area contributed by atoms with Gasteiger partial charge >= 0.3 is 0 Å². The molecule has 1 N–H and O–H groups in total. The summed E-state index contributed by atoms with van der Waals surface area (Å²) in [7, 11) is 0. The highest BCUT2D eigenvalue weighted by molar-refractivity contribution is 5.79. The molecule has 2 atom stereocenters. The molecule has 0 spiro atoms. The molecule has 1 aliphatic rings. The second-order valence-electron chi connectivity index (χ2n) is 6.37. The van der Waals surface area contributed by atoms with Crippen molar-refractivity contribution in [2.45, 2.75) is 46.6 Å². The number of piperidine rings is 1. The molecule has 1 saturated heterocycles. The van der Waals surface area contributed by atoms with Gasteiger partial charge in [0.05, 0.1) is 6.42 Å². The van der Waals surface area contributed by atoms with Crippen molar-refractivity contribution in [3.8, 4) is 0 Å². The molecule has 0 aromatic heterocycles. The first-order chi connectivity index (χ1) is 10.0. The average molecular weight is 288 g/mol. The van der Waals surface area contributed by atoms with E-state index in [2.05, 4.69) is 51.2 Å². The largest absolute Gasteiger partial charge is 0.342 e. The van der Waals surface area contributed by atoms with E-state index >= 15 is 0 Å². The maximum Gasteiger partial charge on any atom is 0.227 e. The zero-order chi connectivity index (χ0) is 15.4. The van der Waals surface area contributed by atoms with Gasteiger partial charge < -0.3 is 10.2 Å². The first-order valence-corrected chi connectivity index (χ1v) is 8.08. The standard InChI is InChI=1S/C18H28N2O/c1-5-19-17-8-9-20(12-15(17)4)18(21)11-16-7-6-13(2)14(3)10-16/h6-7,10,15,17,19H,5,8-9,11-12H2,1-4H3. The molecular weight excluding hydrogens is 260 g/mol. The fourth-order valence-corrected chi connectivity index (χ4v) is 3.14. The number of rotatable bonds is 4. The van der Waals surface area contributed by atoms with Crippen LogP contribution in [0.5, 0.6) is 0 Å². The Morgan fingerprint density at radius 2 is 2.10 bits per heavy atom. The van der Waals surface area contributed by atoms with Gasteiger partial charge in [0.2, 0.25) is 5.91 Å². The van der Waals surface area contributed by atoms with Crippen LogP contribution >= 0.6 is 0 Å². The van der Waals surface area contributed by atoms with Gasteiger partial charge in [-0.2, -0.15) is 0 Å². The van der Waals surface area contributed by atoms with E-state index in [1.807, 2.05) is 4.90 Å². The number of hydrogen-bond donors (Lipinski definition) is 1. The molecular formula is C18H28N2O. The Labute approximate surface area is 128 Å². The van der Waals surface area contributed by atoms with Crippen molar-refractivity contribution < 1.29 is 4.79 Å². The average Bonchev–Trinajstić information content (AvgIpc) is 2.45. The monoisotopic (exact) mass is 288 g/mol. The minimum Gasteiger partial charge on any atom is -0.342 e. The molecule has 0 radical (unpaired) electrons. The molecule has 2 rings (SSSR count). The van der Waals surface area contributed by atoms with Crippen LogP contribution in [0.25, 0.3) is 0 Å². The van der Waals surface area contributed by atoms with Gasteiger partial charge in [-0.3, -0.25) is 4.79 Å². The Kier molecular flexibility index (Phi) is 5.40. The lowest BCUT2D eigenvalue weighted by molar-refractivity contribution is -0.132. The van der Waals surface area contributed by atoms with Gasteiger partial charge in [-0.1, -0.05) is 32.0 Å². The number of carbonyl (C=O) groups excluding carboxylic acids is 1. The molecule has 1 amide bonds. The van der Waals surface area contributed by atoms with Crippen LogP contribution in [0.2, 0.25) is 0 Å². The second kappa shape index (κ2) is 7.08. The predicted octanol–water partition coefficient (Wildman–Crippen LogP) is 2.69. The van der Waals surface area contributed by atoms with E-state index in [0.717, 1.165) is 31.6 Å². The van der Waals surface area contributed by atoms with Crippen LogP contribution in [0.1, 0.15) is 37.0 Å². The zero-order valence-electron chi connectivity index (χ0n) is 13.8. The SMILES string of the molecule is CCNC1CCN(C(=O)Cc2ccc(C)c(C)c2)CC1C. The summed E-state index contributed by atoms with van der Waals surface area (Å²) >= 11 is 0. The van der Waals surface area contributed by atoms with E-state index in [4.69, 9.17) is 0 Å². The third-order valence-corrected chi connectivity index (χ3v) is 4.65. The first-order valence-electron chi connectivity index (χ1n) is 8.08. The summed E-state index contributed by atoms with van der Waals surface area (Å²) in [5, 5.41) is 3.52. The molecule has 0 aliphatic carbocycles. The maximum atomic E-state index is 12.5. The van der Waals surface area contributed by atoms with Crippen LogP contribution < -0.4 is 5.32 Å². The minimum atomic E-state index is 0.264. The molecule has 0 bridgehead atoms. The van der Waals surface area contributed by atoms with Crippen molar-refractivity contribution in [2.24, 2.45) is 5.92 Å². The highest BCUT2D eigenvalue weighted by atomic mass is 16.2. The molecule has 1 heterocycles. The van der Waals surface area contributed by atoms with Crippen molar-refractivity contribution in [2.75, 3.05) is 19.6 Å². The van der Waals surface area contributed by atoms with E-state index in [-0.39, 0.29) is 5.91 Å². The zero-order valence-corrected chi connectivity index (χ0v) is 13.8. The first kappa shape index (κ1) is 16.0. The molecule has 0 saturated carbocycles. The number of nitrogens with zero attached hydrogens (tertiary/aromatic N) is 1. The molecule has 3 heteroatoms. The van der Waals surface area contributed by atoms with Gasteiger partial charge in [-0.15, -0.1) is 0 Å². The van der Waals surface area contributed by atoms with Crippen molar-refractivity contribution >= 4 is 5.91 Å². The normalized spacial score (nSPS) is 22.4. The van der Waals surface area contributed by atoms with Crippen LogP contribution in [0, 0.1) is 19.8 Å². The predicted molar refractivity (Wildman–Crippen MR) is 87.4 cm³/mol. The number of nitrogens with one attached hydrogen (secondary N) is 1. The van der Waals surface area contributed by atoms with Crippen LogP contribution in [-0.2, 0) is 11.2 Å². The number of benzene rings is 1. The lowest BCUT2D eigenvalue weighted by Crippen LogP contribution is -2.50. The summed E-state index contributed by atoms with van der Waals surface area (Å²) in [6.45, 7) is 11.4. The summed E-state index contributed by atoms with van der Waals surface area (Å²) in [6.07, 6.45) is 1.59. The molecule has 21 heavy (non-hydrogen) atoms. The minimum absolute atomic E-state index is 0.264. The number of amides is 1. The summed E-state index contributed by atoms with van der Waals surface area (Å²) in [5.74, 6) is 0.794. The number of hydrogen-bond acceptors (Lipinski definition) is 2. The Bertz CT molecular complexity index is 498. The molecule has 3 nitrogen and oxygen atoms in total. The molecule has 1 aromatic carbocycles. The van der Waals surface area contributed by atoms with E-state index in [0.29, 0.717) is 18.4 Å². The fraction of sp³-hybridized carbons (Fsp3) is 0.611. The summed E-state index contributed by atoms with van der Waals surface area (Å²) < 4.78 is 0. The van der Waals surface area contributed by atoms with Gasteiger partial charge in [-0.25, -0.2) is 0 Å². The van der Waals surface area contributed by atoms with Crippen LogP contribution in [0.4, 0.5) is 0 Å².